The maximum atomic E-state index is 12.6. The lowest BCUT2D eigenvalue weighted by Gasteiger charge is -2.20. The molecule has 0 aromatic heterocycles. The van der Waals surface area contributed by atoms with Gasteiger partial charge in [0.25, 0.3) is 0 Å². The van der Waals surface area contributed by atoms with Crippen LogP contribution in [0.4, 0.5) is 0 Å². The molecule has 0 radical (unpaired) electrons. The molecule has 0 spiro atoms. The fourth-order valence-corrected chi connectivity index (χ4v) is 6.47. The lowest BCUT2D eigenvalue weighted by atomic mass is 10.0. The predicted octanol–water partition coefficient (Wildman–Crippen LogP) is 12.0. The number of hydrogen-bond acceptors (Lipinski definition) is 8. The summed E-state index contributed by atoms with van der Waals surface area (Å²) >= 11 is 0. The number of ether oxygens (including phenoxy) is 2. The molecular weight excluding hydrogens is 715 g/mol. The van der Waals surface area contributed by atoms with Crippen LogP contribution in [0.25, 0.3) is 0 Å². The lowest BCUT2D eigenvalue weighted by molar-refractivity contribution is -0.154. The van der Waals surface area contributed by atoms with Gasteiger partial charge in [-0.25, -0.2) is 4.57 Å². The van der Waals surface area contributed by atoms with Crippen molar-refractivity contribution < 1.29 is 43.0 Å². The van der Waals surface area contributed by atoms with Crippen molar-refractivity contribution in [2.45, 2.75) is 187 Å². The molecule has 0 aromatic carbocycles. The van der Waals surface area contributed by atoms with Crippen LogP contribution in [0.3, 0.4) is 0 Å². The molecule has 0 saturated carbocycles. The van der Waals surface area contributed by atoms with Gasteiger partial charge in [-0.05, 0) is 57.8 Å². The van der Waals surface area contributed by atoms with Gasteiger partial charge >= 0.3 is 13.8 Å². The average Bonchev–Trinajstić information content (AvgIpc) is 3.18. The molecule has 320 valence electrons. The van der Waals surface area contributed by atoms with Crippen LogP contribution in [0.1, 0.15) is 174 Å². The fraction of sp³-hybridized carbons (Fsp3) is 0.756. The molecule has 0 rings (SSSR count). The number of rotatable bonds is 41. The van der Waals surface area contributed by atoms with E-state index in [1.165, 1.54) is 83.5 Å². The first-order chi connectivity index (χ1) is 26.8. The molecule has 3 atom stereocenters. The first-order valence-electron chi connectivity index (χ1n) is 21.8. The van der Waals surface area contributed by atoms with Crippen LogP contribution in [0.15, 0.2) is 60.8 Å². The standard InChI is InChI=1S/C45H81O9P/c1-3-5-7-9-11-13-15-17-19-21-22-24-26-28-30-32-34-36-38-51-41-44(42-53-55(49,50)52-40-43(47)39-46)54-45(48)37-35-33-31-29-27-25-23-20-18-16-14-12-10-8-6-4-2/h5,7,11,13,17,19,22,24,28,30,43-44,46-47H,3-4,6,8-10,12,14-16,18,20-21,23,25-27,29,31-42H2,1-2H3,(H,49,50)/b7-5-,13-11-,19-17-,24-22-,30-28-. The van der Waals surface area contributed by atoms with E-state index >= 15 is 0 Å². The van der Waals surface area contributed by atoms with E-state index in [9.17, 15) is 19.4 Å². The van der Waals surface area contributed by atoms with Crippen LogP contribution < -0.4 is 0 Å². The Balaban J connectivity index is 4.25. The average molecular weight is 797 g/mol. The van der Waals surface area contributed by atoms with Gasteiger partial charge in [-0.1, -0.05) is 171 Å². The smallest absolute Gasteiger partial charge is 0.457 e. The van der Waals surface area contributed by atoms with Gasteiger partial charge in [0.2, 0.25) is 0 Å². The Kier molecular flexibility index (Phi) is 40.4. The van der Waals surface area contributed by atoms with E-state index in [-0.39, 0.29) is 13.0 Å². The summed E-state index contributed by atoms with van der Waals surface area (Å²) in [4.78, 5) is 22.6. The maximum Gasteiger partial charge on any atom is 0.472 e. The summed E-state index contributed by atoms with van der Waals surface area (Å²) in [6, 6.07) is 0. The quantitative estimate of drug-likeness (QED) is 0.0239. The SMILES string of the molecule is CC/C=C\C/C=C\C/C=C\C/C=C\C/C=C\CCCCOCC(COP(=O)(O)OCC(O)CO)OC(=O)CCCCCCCCCCCCCCCCCC. The number of hydrogen-bond donors (Lipinski definition) is 3. The summed E-state index contributed by atoms with van der Waals surface area (Å²) in [5.74, 6) is -0.398. The van der Waals surface area contributed by atoms with Crippen molar-refractivity contribution >= 4 is 13.8 Å². The third-order valence-electron chi connectivity index (χ3n) is 8.97. The van der Waals surface area contributed by atoms with Crippen molar-refractivity contribution in [1.82, 2.24) is 0 Å². The summed E-state index contributed by atoms with van der Waals surface area (Å²) in [5, 5.41) is 18.3. The molecule has 0 aromatic rings. The van der Waals surface area contributed by atoms with E-state index in [1.54, 1.807) is 0 Å². The second-order valence-corrected chi connectivity index (χ2v) is 15.8. The maximum absolute atomic E-state index is 12.6. The van der Waals surface area contributed by atoms with Gasteiger partial charge in [-0.2, -0.15) is 0 Å². The zero-order valence-electron chi connectivity index (χ0n) is 34.9. The van der Waals surface area contributed by atoms with Gasteiger partial charge in [0.05, 0.1) is 26.4 Å². The van der Waals surface area contributed by atoms with E-state index in [4.69, 9.17) is 23.6 Å². The second kappa shape index (κ2) is 41.8. The number of aliphatic hydroxyl groups excluding tert-OH is 2. The minimum absolute atomic E-state index is 0.0195. The first kappa shape index (κ1) is 53.2. The number of carbonyl (C=O) groups excluding carboxylic acids is 1. The number of phosphoric ester groups is 1. The van der Waals surface area contributed by atoms with Gasteiger partial charge in [-0.3, -0.25) is 13.8 Å². The van der Waals surface area contributed by atoms with Crippen LogP contribution >= 0.6 is 7.82 Å². The summed E-state index contributed by atoms with van der Waals surface area (Å²) in [6.07, 6.45) is 47.5. The molecule has 0 aliphatic heterocycles. The van der Waals surface area contributed by atoms with Crippen LogP contribution in [-0.4, -0.2) is 66.3 Å². The van der Waals surface area contributed by atoms with Crippen molar-refractivity contribution in [2.75, 3.05) is 33.0 Å². The summed E-state index contributed by atoms with van der Waals surface area (Å²) < 4.78 is 33.3. The molecule has 0 heterocycles. The molecule has 3 unspecified atom stereocenters. The highest BCUT2D eigenvalue weighted by Gasteiger charge is 2.26. The second-order valence-electron chi connectivity index (χ2n) is 14.3. The Morgan fingerprint density at radius 1 is 0.582 bits per heavy atom. The topological polar surface area (TPSA) is 132 Å². The minimum atomic E-state index is -4.53. The number of aliphatic hydroxyl groups is 2. The van der Waals surface area contributed by atoms with Gasteiger partial charge in [0.1, 0.15) is 12.2 Å². The largest absolute Gasteiger partial charge is 0.472 e. The monoisotopic (exact) mass is 797 g/mol. The van der Waals surface area contributed by atoms with Crippen LogP contribution in [0.2, 0.25) is 0 Å². The van der Waals surface area contributed by atoms with Crippen LogP contribution in [0, 0.1) is 0 Å². The first-order valence-corrected chi connectivity index (χ1v) is 23.3. The molecular formula is C45H81O9P. The van der Waals surface area contributed by atoms with E-state index < -0.39 is 45.8 Å². The van der Waals surface area contributed by atoms with Crippen molar-refractivity contribution in [2.24, 2.45) is 0 Å². The van der Waals surface area contributed by atoms with Crippen molar-refractivity contribution in [3.8, 4) is 0 Å². The van der Waals surface area contributed by atoms with Gasteiger partial charge in [0.15, 0.2) is 0 Å². The highest BCUT2D eigenvalue weighted by Crippen LogP contribution is 2.43. The highest BCUT2D eigenvalue weighted by atomic mass is 31.2. The number of phosphoric acid groups is 1. The highest BCUT2D eigenvalue weighted by molar-refractivity contribution is 7.47. The molecule has 0 saturated heterocycles. The van der Waals surface area contributed by atoms with Gasteiger partial charge in [0, 0.05) is 13.0 Å². The van der Waals surface area contributed by atoms with Crippen molar-refractivity contribution in [3.05, 3.63) is 60.8 Å². The summed E-state index contributed by atoms with van der Waals surface area (Å²) in [5.41, 5.74) is 0. The molecule has 0 bridgehead atoms. The number of carbonyl (C=O) groups is 1. The molecule has 0 aliphatic rings. The predicted molar refractivity (Wildman–Crippen MR) is 228 cm³/mol. The van der Waals surface area contributed by atoms with Gasteiger partial charge in [-0.15, -0.1) is 0 Å². The Labute approximate surface area is 336 Å². The Morgan fingerprint density at radius 3 is 1.53 bits per heavy atom. The number of allylic oxidation sites excluding steroid dienone is 10. The number of unbranched alkanes of at least 4 members (excludes halogenated alkanes) is 17. The lowest BCUT2D eigenvalue weighted by Crippen LogP contribution is -2.29. The zero-order valence-corrected chi connectivity index (χ0v) is 35.8. The molecule has 55 heavy (non-hydrogen) atoms. The molecule has 9 nitrogen and oxygen atoms in total. The van der Waals surface area contributed by atoms with Crippen LogP contribution in [-0.2, 0) is 27.9 Å². The van der Waals surface area contributed by atoms with Gasteiger partial charge < -0.3 is 24.6 Å². The van der Waals surface area contributed by atoms with E-state index in [0.29, 0.717) is 6.61 Å². The third-order valence-corrected chi connectivity index (χ3v) is 9.92. The normalized spacial score (nSPS) is 14.6. The zero-order chi connectivity index (χ0) is 40.3. The van der Waals surface area contributed by atoms with E-state index in [2.05, 4.69) is 74.6 Å². The van der Waals surface area contributed by atoms with Crippen LogP contribution in [0.5, 0.6) is 0 Å². The Morgan fingerprint density at radius 2 is 1.04 bits per heavy atom. The molecule has 3 N–H and O–H groups in total. The third kappa shape index (κ3) is 41.6. The molecule has 10 heteroatoms. The van der Waals surface area contributed by atoms with Crippen molar-refractivity contribution in [3.63, 3.8) is 0 Å². The molecule has 0 amide bonds. The Bertz CT molecular complexity index is 1040. The number of esters is 1. The fourth-order valence-electron chi connectivity index (χ4n) is 5.68. The Hall–Kier alpha value is -1.84. The summed E-state index contributed by atoms with van der Waals surface area (Å²) in [7, 11) is -4.53. The molecule has 0 aliphatic carbocycles. The van der Waals surface area contributed by atoms with Crippen molar-refractivity contribution in [1.29, 1.82) is 0 Å². The molecule has 0 fully saturated rings. The summed E-state index contributed by atoms with van der Waals surface area (Å²) in [6.45, 7) is 3.30. The van der Waals surface area contributed by atoms with E-state index in [0.717, 1.165) is 70.6 Å². The van der Waals surface area contributed by atoms with E-state index in [1.807, 2.05) is 0 Å². The minimum Gasteiger partial charge on any atom is -0.457 e.